The predicted octanol–water partition coefficient (Wildman–Crippen LogP) is 5.93. The van der Waals surface area contributed by atoms with Crippen LogP contribution in [0.2, 0.25) is 0 Å². The summed E-state index contributed by atoms with van der Waals surface area (Å²) >= 11 is 1.67. The van der Waals surface area contributed by atoms with E-state index < -0.39 is 5.97 Å². The van der Waals surface area contributed by atoms with Crippen molar-refractivity contribution in [2.75, 3.05) is 0 Å². The minimum Gasteiger partial charge on any atom is -0.478 e. The number of hydrogen-bond donors (Lipinski definition) is 2. The van der Waals surface area contributed by atoms with Gasteiger partial charge in [-0.05, 0) is 91.5 Å². The number of nitrogens with one attached hydrogen (secondary N) is 1. The lowest BCUT2D eigenvalue weighted by Crippen LogP contribution is -2.55. The number of aromatic nitrogens is 1. The summed E-state index contributed by atoms with van der Waals surface area (Å²) in [6, 6.07) is 6.83. The second-order valence-electron chi connectivity index (χ2n) is 11.2. The molecular formula is C28H34N2O5S. The van der Waals surface area contributed by atoms with Gasteiger partial charge >= 0.3 is 5.97 Å². The number of rotatable bonds is 8. The molecule has 192 valence electrons. The first-order valence-corrected chi connectivity index (χ1v) is 14.3. The van der Waals surface area contributed by atoms with Gasteiger partial charge < -0.3 is 19.7 Å². The Labute approximate surface area is 215 Å². The topological polar surface area (TPSA) is 102 Å². The third-order valence-corrected chi connectivity index (χ3v) is 10.2. The Hall–Kier alpha value is -2.48. The smallest absolute Gasteiger partial charge is 0.335 e. The van der Waals surface area contributed by atoms with Crippen LogP contribution in [0.25, 0.3) is 0 Å². The molecule has 1 amide bonds. The number of nitrogens with zero attached hydrogens (tertiary/aromatic N) is 1. The van der Waals surface area contributed by atoms with Crippen molar-refractivity contribution in [2.24, 2.45) is 23.7 Å². The van der Waals surface area contributed by atoms with Gasteiger partial charge in [0.05, 0.1) is 5.56 Å². The Kier molecular flexibility index (Phi) is 6.71. The van der Waals surface area contributed by atoms with Crippen LogP contribution in [-0.2, 0) is 6.61 Å². The van der Waals surface area contributed by atoms with E-state index in [0.717, 1.165) is 30.2 Å². The van der Waals surface area contributed by atoms with Gasteiger partial charge in [-0.2, -0.15) is 0 Å². The Balaban J connectivity index is 1.19. The number of carbonyl (C=O) groups is 2. The first-order valence-electron chi connectivity index (χ1n) is 13.5. The van der Waals surface area contributed by atoms with Crippen molar-refractivity contribution in [1.29, 1.82) is 0 Å². The van der Waals surface area contributed by atoms with Gasteiger partial charge in [0, 0.05) is 11.3 Å². The lowest BCUT2D eigenvalue weighted by Gasteiger charge is -2.54. The van der Waals surface area contributed by atoms with Crippen LogP contribution >= 0.6 is 11.8 Å². The van der Waals surface area contributed by atoms with E-state index in [-0.39, 0.29) is 29.9 Å². The number of benzene rings is 1. The first-order chi connectivity index (χ1) is 17.5. The van der Waals surface area contributed by atoms with Crippen LogP contribution < -0.4 is 10.1 Å². The molecule has 36 heavy (non-hydrogen) atoms. The molecule has 5 saturated carbocycles. The molecule has 0 saturated heterocycles. The molecule has 8 heteroatoms. The molecule has 0 unspecified atom stereocenters. The molecule has 0 radical (unpaired) electrons. The molecular weight excluding hydrogens is 476 g/mol. The van der Waals surface area contributed by atoms with E-state index in [1.54, 1.807) is 36.0 Å². The van der Waals surface area contributed by atoms with E-state index in [9.17, 15) is 9.59 Å². The molecule has 1 aromatic heterocycles. The summed E-state index contributed by atoms with van der Waals surface area (Å²) in [6.07, 6.45) is 12.2. The fourth-order valence-corrected chi connectivity index (χ4v) is 8.57. The molecule has 2 N–H and O–H groups in total. The summed E-state index contributed by atoms with van der Waals surface area (Å²) in [5.74, 6) is 2.39. The van der Waals surface area contributed by atoms with Crippen molar-refractivity contribution in [3.63, 3.8) is 0 Å². The van der Waals surface area contributed by atoms with Gasteiger partial charge in [0.1, 0.15) is 11.5 Å². The maximum atomic E-state index is 13.5. The van der Waals surface area contributed by atoms with Crippen LogP contribution in [0.3, 0.4) is 0 Å². The summed E-state index contributed by atoms with van der Waals surface area (Å²) in [5, 5.41) is 17.1. The first kappa shape index (κ1) is 23.9. The van der Waals surface area contributed by atoms with Crippen molar-refractivity contribution < 1.29 is 24.0 Å². The van der Waals surface area contributed by atoms with E-state index in [1.165, 1.54) is 51.4 Å². The summed E-state index contributed by atoms with van der Waals surface area (Å²) in [6.45, 7) is 0.223. The van der Waals surface area contributed by atoms with E-state index >= 15 is 0 Å². The van der Waals surface area contributed by atoms with Crippen LogP contribution in [0.4, 0.5) is 0 Å². The zero-order valence-corrected chi connectivity index (χ0v) is 21.3. The molecule has 1 heterocycles. The van der Waals surface area contributed by atoms with Crippen LogP contribution in [-0.4, -0.2) is 33.4 Å². The highest BCUT2D eigenvalue weighted by atomic mass is 32.2. The minimum atomic E-state index is -0.958. The predicted molar refractivity (Wildman–Crippen MR) is 135 cm³/mol. The summed E-state index contributed by atoms with van der Waals surface area (Å²) in [7, 11) is 0. The van der Waals surface area contributed by atoms with Gasteiger partial charge in [-0.25, -0.2) is 4.79 Å². The highest BCUT2D eigenvalue weighted by Crippen LogP contribution is 2.54. The average molecular weight is 511 g/mol. The minimum absolute atomic E-state index is 0.168. The molecule has 1 aromatic carbocycles. The molecule has 4 bridgehead atoms. The second-order valence-corrected chi connectivity index (χ2v) is 12.6. The van der Waals surface area contributed by atoms with Crippen molar-refractivity contribution in [3.05, 3.63) is 41.2 Å². The Morgan fingerprint density at radius 1 is 1.00 bits per heavy atom. The maximum absolute atomic E-state index is 13.5. The molecule has 5 aliphatic carbocycles. The van der Waals surface area contributed by atoms with Crippen molar-refractivity contribution in [2.45, 2.75) is 87.0 Å². The summed E-state index contributed by atoms with van der Waals surface area (Å²) < 4.78 is 11.7. The lowest BCUT2D eigenvalue weighted by atomic mass is 9.54. The Morgan fingerprint density at radius 2 is 1.67 bits per heavy atom. The monoisotopic (exact) mass is 510 g/mol. The zero-order valence-electron chi connectivity index (χ0n) is 20.5. The molecule has 2 aromatic rings. The third-order valence-electron chi connectivity index (χ3n) is 8.76. The van der Waals surface area contributed by atoms with E-state index in [1.807, 2.05) is 0 Å². The standard InChI is InChI=1S/C28H34N2O5S/c31-26(29-23-20-11-17-10-18(13-20)14-21(23)12-17)24-25(36-22-4-2-1-3-5-22)27(30-35-24)34-15-16-6-8-19(9-7-16)28(32)33/h6-9,17-18,20-23H,1-5,10-15H2,(H,29,31)(H,32,33). The van der Waals surface area contributed by atoms with Gasteiger partial charge in [-0.15, -0.1) is 11.8 Å². The lowest BCUT2D eigenvalue weighted by molar-refractivity contribution is -0.0124. The molecule has 7 rings (SSSR count). The van der Waals surface area contributed by atoms with Crippen LogP contribution in [0, 0.1) is 23.7 Å². The molecule has 5 fully saturated rings. The Morgan fingerprint density at radius 3 is 2.31 bits per heavy atom. The van der Waals surface area contributed by atoms with Gasteiger partial charge in [0.25, 0.3) is 11.8 Å². The highest BCUT2D eigenvalue weighted by Gasteiger charge is 2.49. The van der Waals surface area contributed by atoms with Crippen LogP contribution in [0.15, 0.2) is 33.7 Å². The molecule has 7 nitrogen and oxygen atoms in total. The van der Waals surface area contributed by atoms with E-state index in [0.29, 0.717) is 27.9 Å². The van der Waals surface area contributed by atoms with E-state index in [4.69, 9.17) is 14.4 Å². The third kappa shape index (κ3) is 4.89. The molecule has 0 spiro atoms. The van der Waals surface area contributed by atoms with Crippen molar-refractivity contribution >= 4 is 23.6 Å². The fourth-order valence-electron chi connectivity index (χ4n) is 7.23. The van der Waals surface area contributed by atoms with Gasteiger partial charge in [-0.1, -0.05) is 31.4 Å². The number of amides is 1. The second kappa shape index (κ2) is 10.1. The summed E-state index contributed by atoms with van der Waals surface area (Å²) in [4.78, 5) is 25.3. The van der Waals surface area contributed by atoms with Crippen molar-refractivity contribution in [3.8, 4) is 5.88 Å². The number of carbonyl (C=O) groups excluding carboxylic acids is 1. The highest BCUT2D eigenvalue weighted by molar-refractivity contribution is 8.00. The molecule has 0 aliphatic heterocycles. The largest absolute Gasteiger partial charge is 0.478 e. The van der Waals surface area contributed by atoms with Crippen LogP contribution in [0.1, 0.15) is 90.7 Å². The van der Waals surface area contributed by atoms with E-state index in [2.05, 4.69) is 10.5 Å². The SMILES string of the molecule is O=C(O)c1ccc(COc2noc(C(=O)NC3C4CC5CC(C4)CC3C5)c2SC2CCCCC2)cc1. The molecule has 0 atom stereocenters. The quantitative estimate of drug-likeness (QED) is 0.454. The number of carboxylic acids is 1. The number of hydrogen-bond acceptors (Lipinski definition) is 6. The van der Waals surface area contributed by atoms with Gasteiger partial charge in [-0.3, -0.25) is 4.79 Å². The number of aromatic carboxylic acids is 1. The number of carboxylic acid groups (broad SMARTS) is 1. The summed E-state index contributed by atoms with van der Waals surface area (Å²) in [5.41, 5.74) is 1.06. The zero-order chi connectivity index (χ0) is 24.6. The van der Waals surface area contributed by atoms with Crippen molar-refractivity contribution in [1.82, 2.24) is 10.5 Å². The van der Waals surface area contributed by atoms with Gasteiger partial charge in [0.15, 0.2) is 0 Å². The maximum Gasteiger partial charge on any atom is 0.335 e. The number of thioether (sulfide) groups is 1. The normalized spacial score (nSPS) is 29.3. The fraction of sp³-hybridized carbons (Fsp3) is 0.607. The average Bonchev–Trinajstić information content (AvgIpc) is 3.27. The molecule has 5 aliphatic rings. The van der Waals surface area contributed by atoms with Crippen LogP contribution in [0.5, 0.6) is 5.88 Å². The Bertz CT molecular complexity index is 1080. The van der Waals surface area contributed by atoms with Gasteiger partial charge in [0.2, 0.25) is 5.76 Å². The number of ether oxygens (including phenoxy) is 1.